The smallest absolute Gasteiger partial charge is 0.356 e. The highest BCUT2D eigenvalue weighted by Crippen LogP contribution is 2.16. The lowest BCUT2D eigenvalue weighted by Gasteiger charge is -2.03. The zero-order valence-corrected chi connectivity index (χ0v) is 10.1. The fourth-order valence-corrected chi connectivity index (χ4v) is 1.84. The largest absolute Gasteiger partial charge is 0.464 e. The van der Waals surface area contributed by atoms with Crippen LogP contribution in [-0.2, 0) is 11.2 Å². The Morgan fingerprint density at radius 3 is 2.82 bits per heavy atom. The lowest BCUT2D eigenvalue weighted by atomic mass is 10.1. The minimum Gasteiger partial charge on any atom is -0.464 e. The minimum atomic E-state index is -0.399. The maximum absolute atomic E-state index is 11.3. The van der Waals surface area contributed by atoms with Gasteiger partial charge in [-0.3, -0.25) is 0 Å². The Hall–Kier alpha value is -1.90. The van der Waals surface area contributed by atoms with Crippen molar-refractivity contribution in [2.45, 2.75) is 19.8 Å². The van der Waals surface area contributed by atoms with Gasteiger partial charge in [-0.05, 0) is 30.2 Å². The molecule has 2 rings (SSSR count). The second-order valence-corrected chi connectivity index (χ2v) is 3.97. The maximum atomic E-state index is 11.3. The Labute approximate surface area is 100 Å². The van der Waals surface area contributed by atoms with Crippen LogP contribution in [0.5, 0.6) is 0 Å². The summed E-state index contributed by atoms with van der Waals surface area (Å²) in [6.07, 6.45) is 2.19. The van der Waals surface area contributed by atoms with Gasteiger partial charge in [-0.2, -0.15) is 0 Å². The number of pyridine rings is 1. The Kier molecular flexibility index (Phi) is 3.38. The van der Waals surface area contributed by atoms with Crippen molar-refractivity contribution in [2.24, 2.45) is 0 Å². The van der Waals surface area contributed by atoms with Gasteiger partial charge in [0.15, 0.2) is 0 Å². The van der Waals surface area contributed by atoms with Gasteiger partial charge in [0.2, 0.25) is 0 Å². The molecular weight excluding hydrogens is 214 g/mol. The van der Waals surface area contributed by atoms with Crippen molar-refractivity contribution in [1.29, 1.82) is 0 Å². The fourth-order valence-electron chi connectivity index (χ4n) is 1.84. The predicted molar refractivity (Wildman–Crippen MR) is 67.1 cm³/mol. The van der Waals surface area contributed by atoms with E-state index < -0.39 is 5.97 Å². The third-order valence-corrected chi connectivity index (χ3v) is 2.69. The molecule has 0 aliphatic heterocycles. The Balaban J connectivity index is 2.43. The first-order chi connectivity index (χ1) is 8.24. The molecule has 0 atom stereocenters. The standard InChI is InChI=1S/C14H15NO2/c1-3-4-10-5-7-12-11(9-10)6-8-13(15-12)14(16)17-2/h5-9H,3-4H2,1-2H3. The summed E-state index contributed by atoms with van der Waals surface area (Å²) in [5.74, 6) is -0.399. The molecule has 3 heteroatoms. The number of carbonyl (C=O) groups is 1. The van der Waals surface area contributed by atoms with Crippen molar-refractivity contribution < 1.29 is 9.53 Å². The van der Waals surface area contributed by atoms with E-state index in [2.05, 4.69) is 28.8 Å². The number of benzene rings is 1. The van der Waals surface area contributed by atoms with Crippen LogP contribution in [0, 0.1) is 0 Å². The highest BCUT2D eigenvalue weighted by atomic mass is 16.5. The Bertz CT molecular complexity index is 549. The summed E-state index contributed by atoms with van der Waals surface area (Å²) in [5, 5.41) is 1.06. The number of aryl methyl sites for hydroxylation is 1. The summed E-state index contributed by atoms with van der Waals surface area (Å²) < 4.78 is 4.65. The van der Waals surface area contributed by atoms with Crippen LogP contribution in [0.25, 0.3) is 10.9 Å². The molecule has 0 spiro atoms. The number of carbonyl (C=O) groups excluding carboxylic acids is 1. The number of nitrogens with zero attached hydrogens (tertiary/aromatic N) is 1. The highest BCUT2D eigenvalue weighted by molar-refractivity contribution is 5.91. The minimum absolute atomic E-state index is 0.350. The number of fused-ring (bicyclic) bond motifs is 1. The van der Waals surface area contributed by atoms with Crippen LogP contribution < -0.4 is 0 Å². The van der Waals surface area contributed by atoms with Crippen LogP contribution in [0.4, 0.5) is 0 Å². The molecule has 1 aromatic carbocycles. The van der Waals surface area contributed by atoms with Gasteiger partial charge in [-0.1, -0.05) is 25.5 Å². The average molecular weight is 229 g/mol. The van der Waals surface area contributed by atoms with E-state index in [1.165, 1.54) is 12.7 Å². The molecule has 17 heavy (non-hydrogen) atoms. The van der Waals surface area contributed by atoms with Crippen molar-refractivity contribution in [3.05, 3.63) is 41.6 Å². The van der Waals surface area contributed by atoms with Gasteiger partial charge in [-0.15, -0.1) is 0 Å². The van der Waals surface area contributed by atoms with Gasteiger partial charge in [0.25, 0.3) is 0 Å². The molecule has 0 unspecified atom stereocenters. The number of esters is 1. The van der Waals surface area contributed by atoms with Gasteiger partial charge in [0.1, 0.15) is 5.69 Å². The molecule has 3 nitrogen and oxygen atoms in total. The van der Waals surface area contributed by atoms with E-state index in [1.54, 1.807) is 6.07 Å². The molecule has 0 aliphatic carbocycles. The molecule has 0 radical (unpaired) electrons. The van der Waals surface area contributed by atoms with Crippen molar-refractivity contribution in [2.75, 3.05) is 7.11 Å². The summed E-state index contributed by atoms with van der Waals surface area (Å²) in [4.78, 5) is 15.6. The second kappa shape index (κ2) is 4.95. The molecule has 0 saturated heterocycles. The van der Waals surface area contributed by atoms with Crippen molar-refractivity contribution >= 4 is 16.9 Å². The number of hydrogen-bond acceptors (Lipinski definition) is 3. The van der Waals surface area contributed by atoms with Crippen LogP contribution in [-0.4, -0.2) is 18.1 Å². The van der Waals surface area contributed by atoms with Gasteiger partial charge in [-0.25, -0.2) is 9.78 Å². The molecule has 88 valence electrons. The summed E-state index contributed by atoms with van der Waals surface area (Å²) in [7, 11) is 1.36. The van der Waals surface area contributed by atoms with Crippen LogP contribution >= 0.6 is 0 Å². The molecular formula is C14H15NO2. The zero-order valence-electron chi connectivity index (χ0n) is 10.1. The molecule has 1 aromatic heterocycles. The molecule has 0 fully saturated rings. The van der Waals surface area contributed by atoms with Crippen molar-refractivity contribution in [3.8, 4) is 0 Å². The Morgan fingerprint density at radius 1 is 1.29 bits per heavy atom. The molecule has 0 bridgehead atoms. The second-order valence-electron chi connectivity index (χ2n) is 3.97. The predicted octanol–water partition coefficient (Wildman–Crippen LogP) is 2.97. The number of methoxy groups -OCH3 is 1. The first kappa shape index (κ1) is 11.6. The number of rotatable bonds is 3. The quantitative estimate of drug-likeness (QED) is 0.759. The zero-order chi connectivity index (χ0) is 12.3. The molecule has 0 saturated carbocycles. The van der Waals surface area contributed by atoms with E-state index in [4.69, 9.17) is 0 Å². The van der Waals surface area contributed by atoms with E-state index in [0.29, 0.717) is 5.69 Å². The monoisotopic (exact) mass is 229 g/mol. The first-order valence-corrected chi connectivity index (χ1v) is 5.72. The molecule has 1 heterocycles. The van der Waals surface area contributed by atoms with Gasteiger partial charge in [0.05, 0.1) is 12.6 Å². The van der Waals surface area contributed by atoms with Crippen LogP contribution in [0.1, 0.15) is 29.4 Å². The lowest BCUT2D eigenvalue weighted by Crippen LogP contribution is -2.03. The summed E-state index contributed by atoms with van der Waals surface area (Å²) in [6, 6.07) is 9.73. The van der Waals surface area contributed by atoms with Crippen molar-refractivity contribution in [1.82, 2.24) is 4.98 Å². The van der Waals surface area contributed by atoms with Crippen LogP contribution in [0.15, 0.2) is 30.3 Å². The number of aromatic nitrogens is 1. The van der Waals surface area contributed by atoms with Crippen LogP contribution in [0.3, 0.4) is 0 Å². The van der Waals surface area contributed by atoms with E-state index in [0.717, 1.165) is 23.7 Å². The van der Waals surface area contributed by atoms with Gasteiger partial charge in [0, 0.05) is 5.39 Å². The molecule has 0 N–H and O–H groups in total. The highest BCUT2D eigenvalue weighted by Gasteiger charge is 2.07. The fraction of sp³-hybridized carbons (Fsp3) is 0.286. The molecule has 0 aliphatic rings. The van der Waals surface area contributed by atoms with E-state index in [-0.39, 0.29) is 0 Å². The normalized spacial score (nSPS) is 10.5. The summed E-state index contributed by atoms with van der Waals surface area (Å²) in [5.41, 5.74) is 2.48. The first-order valence-electron chi connectivity index (χ1n) is 5.72. The van der Waals surface area contributed by atoms with E-state index >= 15 is 0 Å². The van der Waals surface area contributed by atoms with E-state index in [9.17, 15) is 4.79 Å². The topological polar surface area (TPSA) is 39.2 Å². The average Bonchev–Trinajstić information content (AvgIpc) is 2.37. The summed E-state index contributed by atoms with van der Waals surface area (Å²) >= 11 is 0. The SMILES string of the molecule is CCCc1ccc2nc(C(=O)OC)ccc2c1. The third kappa shape index (κ3) is 2.44. The molecule has 0 amide bonds. The van der Waals surface area contributed by atoms with Gasteiger partial charge >= 0.3 is 5.97 Å². The number of hydrogen-bond donors (Lipinski definition) is 0. The van der Waals surface area contributed by atoms with E-state index in [1.807, 2.05) is 12.1 Å². The number of ether oxygens (including phenoxy) is 1. The van der Waals surface area contributed by atoms with Gasteiger partial charge < -0.3 is 4.74 Å². The van der Waals surface area contributed by atoms with Crippen molar-refractivity contribution in [3.63, 3.8) is 0 Å². The summed E-state index contributed by atoms with van der Waals surface area (Å²) in [6.45, 7) is 2.16. The maximum Gasteiger partial charge on any atom is 0.356 e. The lowest BCUT2D eigenvalue weighted by molar-refractivity contribution is 0.0594. The van der Waals surface area contributed by atoms with Crippen LogP contribution in [0.2, 0.25) is 0 Å². The molecule has 2 aromatic rings. The Morgan fingerprint density at radius 2 is 2.12 bits per heavy atom. The third-order valence-electron chi connectivity index (χ3n) is 2.69.